The first-order valence-corrected chi connectivity index (χ1v) is 7.78. The van der Waals surface area contributed by atoms with E-state index in [4.69, 9.17) is 0 Å². The van der Waals surface area contributed by atoms with Crippen molar-refractivity contribution in [3.63, 3.8) is 0 Å². The van der Waals surface area contributed by atoms with Gasteiger partial charge in [0.15, 0.2) is 0 Å². The predicted octanol–water partition coefficient (Wildman–Crippen LogP) is 4.40. The maximum atomic E-state index is 3.60. The fraction of sp³-hybridized carbons (Fsp3) is 0.600. The third kappa shape index (κ3) is 2.03. The number of fused-ring (bicyclic) bond motifs is 1. The highest BCUT2D eigenvalue weighted by Gasteiger charge is 2.38. The molecule has 1 aromatic rings. The molecule has 0 saturated heterocycles. The van der Waals surface area contributed by atoms with Gasteiger partial charge in [0, 0.05) is 23.6 Å². The minimum atomic E-state index is 0.386. The molecule has 0 atom stereocenters. The average molecular weight is 309 g/mol. The fourth-order valence-electron chi connectivity index (χ4n) is 3.58. The van der Waals surface area contributed by atoms with Crippen LogP contribution >= 0.6 is 15.9 Å². The molecular weight excluding hydrogens is 288 g/mol. The number of anilines is 2. The van der Waals surface area contributed by atoms with Gasteiger partial charge in [0.25, 0.3) is 0 Å². The zero-order chi connectivity index (χ0) is 12.6. The molecule has 1 saturated carbocycles. The highest BCUT2D eigenvalue weighted by Crippen LogP contribution is 2.43. The molecule has 0 aromatic heterocycles. The first-order valence-electron chi connectivity index (χ1n) is 6.99. The summed E-state index contributed by atoms with van der Waals surface area (Å²) in [4.78, 5) is 2.55. The Bertz CT molecular complexity index is 438. The lowest BCUT2D eigenvalue weighted by Gasteiger charge is -2.45. The standard InChI is InChI=1S/C15H21BrN2/c1-18-14-11-12(16)5-6-13(14)17-10-9-15(18)7-3-2-4-8-15/h5-6,11,17H,2-4,7-10H2,1H3. The van der Waals surface area contributed by atoms with E-state index in [2.05, 4.69) is 51.4 Å². The van der Waals surface area contributed by atoms with Gasteiger partial charge in [-0.15, -0.1) is 0 Å². The van der Waals surface area contributed by atoms with E-state index in [1.54, 1.807) is 0 Å². The van der Waals surface area contributed by atoms with Crippen molar-refractivity contribution in [3.05, 3.63) is 22.7 Å². The minimum Gasteiger partial charge on any atom is -0.383 e. The van der Waals surface area contributed by atoms with Crippen molar-refractivity contribution in [2.75, 3.05) is 23.8 Å². The Labute approximate surface area is 118 Å². The summed E-state index contributed by atoms with van der Waals surface area (Å²) in [5.41, 5.74) is 3.02. The summed E-state index contributed by atoms with van der Waals surface area (Å²) >= 11 is 3.60. The number of nitrogens with zero attached hydrogens (tertiary/aromatic N) is 1. The first-order chi connectivity index (χ1) is 8.71. The molecule has 98 valence electrons. The van der Waals surface area contributed by atoms with E-state index in [1.165, 1.54) is 54.4 Å². The van der Waals surface area contributed by atoms with Gasteiger partial charge in [-0.05, 0) is 37.5 Å². The van der Waals surface area contributed by atoms with Crippen LogP contribution in [0.1, 0.15) is 38.5 Å². The van der Waals surface area contributed by atoms with Crippen LogP contribution in [0.15, 0.2) is 22.7 Å². The molecule has 1 spiro atoms. The maximum absolute atomic E-state index is 3.60. The number of benzene rings is 1. The lowest BCUT2D eigenvalue weighted by molar-refractivity contribution is 0.274. The first kappa shape index (κ1) is 12.3. The summed E-state index contributed by atoms with van der Waals surface area (Å²) in [5, 5.41) is 3.59. The van der Waals surface area contributed by atoms with Crippen LogP contribution in [0.4, 0.5) is 11.4 Å². The molecule has 1 fully saturated rings. The van der Waals surface area contributed by atoms with Crippen LogP contribution in [0.2, 0.25) is 0 Å². The van der Waals surface area contributed by atoms with Crippen molar-refractivity contribution >= 4 is 27.3 Å². The lowest BCUT2D eigenvalue weighted by atomic mass is 9.78. The smallest absolute Gasteiger partial charge is 0.0615 e. The van der Waals surface area contributed by atoms with E-state index in [9.17, 15) is 0 Å². The van der Waals surface area contributed by atoms with Crippen molar-refractivity contribution < 1.29 is 0 Å². The Morgan fingerprint density at radius 2 is 1.94 bits per heavy atom. The van der Waals surface area contributed by atoms with Crippen LogP contribution in [0.3, 0.4) is 0 Å². The summed E-state index contributed by atoms with van der Waals surface area (Å²) in [7, 11) is 2.28. The van der Waals surface area contributed by atoms with Crippen LogP contribution in [-0.4, -0.2) is 19.1 Å². The van der Waals surface area contributed by atoms with Crippen LogP contribution in [0.25, 0.3) is 0 Å². The monoisotopic (exact) mass is 308 g/mol. The molecule has 0 bridgehead atoms. The maximum Gasteiger partial charge on any atom is 0.0615 e. The highest BCUT2D eigenvalue weighted by atomic mass is 79.9. The van der Waals surface area contributed by atoms with E-state index in [0.717, 1.165) is 6.54 Å². The van der Waals surface area contributed by atoms with Crippen LogP contribution in [0.5, 0.6) is 0 Å². The third-order valence-corrected chi connectivity index (χ3v) is 5.22. The highest BCUT2D eigenvalue weighted by molar-refractivity contribution is 9.10. The van der Waals surface area contributed by atoms with Crippen molar-refractivity contribution in [2.24, 2.45) is 0 Å². The molecule has 3 rings (SSSR count). The number of halogens is 1. The minimum absolute atomic E-state index is 0.386. The number of rotatable bonds is 0. The molecule has 1 aromatic carbocycles. The van der Waals surface area contributed by atoms with Gasteiger partial charge >= 0.3 is 0 Å². The molecule has 1 heterocycles. The Hall–Kier alpha value is -0.700. The molecule has 1 aliphatic carbocycles. The number of hydrogen-bond acceptors (Lipinski definition) is 2. The molecule has 0 radical (unpaired) electrons. The summed E-state index contributed by atoms with van der Waals surface area (Å²) in [5.74, 6) is 0. The molecule has 2 aliphatic rings. The van der Waals surface area contributed by atoms with Gasteiger partial charge in [0.05, 0.1) is 11.4 Å². The molecule has 1 N–H and O–H groups in total. The zero-order valence-corrected chi connectivity index (χ0v) is 12.6. The average Bonchev–Trinajstić information content (AvgIpc) is 2.51. The second-order valence-corrected chi connectivity index (χ2v) is 6.60. The molecule has 0 unspecified atom stereocenters. The number of nitrogens with one attached hydrogen (secondary N) is 1. The molecule has 2 nitrogen and oxygen atoms in total. The Morgan fingerprint density at radius 3 is 2.72 bits per heavy atom. The molecular formula is C15H21BrN2. The summed E-state index contributed by atoms with van der Waals surface area (Å²) < 4.78 is 1.17. The van der Waals surface area contributed by atoms with E-state index < -0.39 is 0 Å². The van der Waals surface area contributed by atoms with Crippen molar-refractivity contribution in [1.82, 2.24) is 0 Å². The van der Waals surface area contributed by atoms with Gasteiger partial charge < -0.3 is 10.2 Å². The van der Waals surface area contributed by atoms with E-state index in [1.807, 2.05) is 0 Å². The van der Waals surface area contributed by atoms with Crippen LogP contribution < -0.4 is 10.2 Å². The van der Waals surface area contributed by atoms with Gasteiger partial charge in [-0.1, -0.05) is 35.2 Å². The van der Waals surface area contributed by atoms with Gasteiger partial charge in [-0.2, -0.15) is 0 Å². The summed E-state index contributed by atoms with van der Waals surface area (Å²) in [6, 6.07) is 6.57. The summed E-state index contributed by atoms with van der Waals surface area (Å²) in [6.45, 7) is 1.10. The van der Waals surface area contributed by atoms with Gasteiger partial charge in [-0.3, -0.25) is 0 Å². The fourth-order valence-corrected chi connectivity index (χ4v) is 3.93. The van der Waals surface area contributed by atoms with Crippen LogP contribution in [-0.2, 0) is 0 Å². The quantitative estimate of drug-likeness (QED) is 0.764. The van der Waals surface area contributed by atoms with Crippen molar-refractivity contribution in [3.8, 4) is 0 Å². The van der Waals surface area contributed by atoms with E-state index >= 15 is 0 Å². The van der Waals surface area contributed by atoms with Crippen molar-refractivity contribution in [1.29, 1.82) is 0 Å². The Balaban J connectivity index is 2.01. The molecule has 1 aliphatic heterocycles. The molecule has 0 amide bonds. The lowest BCUT2D eigenvalue weighted by Crippen LogP contribution is -2.48. The molecule has 3 heteroatoms. The van der Waals surface area contributed by atoms with Crippen molar-refractivity contribution in [2.45, 2.75) is 44.1 Å². The normalized spacial score (nSPS) is 22.2. The SMILES string of the molecule is CN1c2cc(Br)ccc2NCCC12CCCCC2. The van der Waals surface area contributed by atoms with Gasteiger partial charge in [-0.25, -0.2) is 0 Å². The largest absolute Gasteiger partial charge is 0.383 e. The topological polar surface area (TPSA) is 15.3 Å². The predicted molar refractivity (Wildman–Crippen MR) is 81.5 cm³/mol. The van der Waals surface area contributed by atoms with E-state index in [0.29, 0.717) is 5.54 Å². The third-order valence-electron chi connectivity index (χ3n) is 4.72. The second-order valence-electron chi connectivity index (χ2n) is 5.68. The van der Waals surface area contributed by atoms with Crippen LogP contribution in [0, 0.1) is 0 Å². The Kier molecular flexibility index (Phi) is 3.27. The van der Waals surface area contributed by atoms with Gasteiger partial charge in [0.1, 0.15) is 0 Å². The zero-order valence-electron chi connectivity index (χ0n) is 11.0. The van der Waals surface area contributed by atoms with Gasteiger partial charge in [0.2, 0.25) is 0 Å². The second kappa shape index (κ2) is 4.76. The summed E-state index contributed by atoms with van der Waals surface area (Å²) in [6.07, 6.45) is 8.12. The molecule has 18 heavy (non-hydrogen) atoms. The number of hydrogen-bond donors (Lipinski definition) is 1. The Morgan fingerprint density at radius 1 is 1.17 bits per heavy atom. The van der Waals surface area contributed by atoms with E-state index in [-0.39, 0.29) is 0 Å².